The second-order valence-electron chi connectivity index (χ2n) is 8.12. The summed E-state index contributed by atoms with van der Waals surface area (Å²) in [7, 11) is 0. The normalized spacial score (nSPS) is 19.0. The number of hydrogen-bond donors (Lipinski definition) is 0. The molecule has 0 heterocycles. The summed E-state index contributed by atoms with van der Waals surface area (Å²) in [6, 6.07) is 0.332. The molecule has 0 radical (unpaired) electrons. The van der Waals surface area contributed by atoms with Gasteiger partial charge in [-0.05, 0) is 38.5 Å². The fourth-order valence-corrected chi connectivity index (χ4v) is 3.87. The molecule has 0 aliphatic heterocycles. The summed E-state index contributed by atoms with van der Waals surface area (Å²) < 4.78 is 140. The maximum absolute atomic E-state index is 14.6. The Morgan fingerprint density at radius 2 is 1.23 bits per heavy atom. The van der Waals surface area contributed by atoms with E-state index < -0.39 is 64.3 Å². The molecule has 0 N–H and O–H groups in total. The van der Waals surface area contributed by atoms with Gasteiger partial charge < -0.3 is 14.2 Å². The number of alkyl halides is 4. The van der Waals surface area contributed by atoms with E-state index in [9.17, 15) is 39.5 Å². The first-order chi connectivity index (χ1) is 16.3. The van der Waals surface area contributed by atoms with Gasteiger partial charge in [0.2, 0.25) is 0 Å². The van der Waals surface area contributed by atoms with E-state index in [2.05, 4.69) is 9.47 Å². The Morgan fingerprint density at radius 3 is 1.74 bits per heavy atom. The fourth-order valence-electron chi connectivity index (χ4n) is 3.87. The molecule has 1 aliphatic carbocycles. The molecule has 3 nitrogen and oxygen atoms in total. The van der Waals surface area contributed by atoms with Crippen LogP contribution in [0.5, 0.6) is 11.5 Å². The molecule has 2 aromatic carbocycles. The molecule has 0 atom stereocenters. The molecule has 0 bridgehead atoms. The van der Waals surface area contributed by atoms with Crippen LogP contribution >= 0.6 is 0 Å². The molecule has 0 saturated heterocycles. The average molecular weight is 516 g/mol. The minimum Gasteiger partial charge on any atom is -0.432 e. The van der Waals surface area contributed by atoms with Gasteiger partial charge in [0.05, 0.1) is 5.92 Å². The van der Waals surface area contributed by atoms with Crippen LogP contribution in [0.4, 0.5) is 39.5 Å². The Hall–Kier alpha value is -2.63. The van der Waals surface area contributed by atoms with E-state index in [0.29, 0.717) is 26.1 Å². The number of hydrogen-bond acceptors (Lipinski definition) is 3. The highest BCUT2D eigenvalue weighted by molar-refractivity contribution is 5.34. The SMILES string of the molecule is CCOCC1CCC(C(F)(F)Oc2cc(F)c(C(F)(F)Oc3cc(F)c(F)c(F)c3)c(F)c2)CC1. The van der Waals surface area contributed by atoms with Gasteiger partial charge in [-0.15, -0.1) is 0 Å². The van der Waals surface area contributed by atoms with Crippen molar-refractivity contribution in [2.24, 2.45) is 11.8 Å². The van der Waals surface area contributed by atoms with Gasteiger partial charge in [-0.3, -0.25) is 0 Å². The molecule has 35 heavy (non-hydrogen) atoms. The molecule has 0 unspecified atom stereocenters. The van der Waals surface area contributed by atoms with Crippen molar-refractivity contribution in [2.45, 2.75) is 44.8 Å². The standard InChI is InChI=1S/C23H21F9O3/c1-2-33-11-12-3-5-13(6-4-12)22(29,30)34-14-7-16(24)20(17(25)8-14)23(31,32)35-15-9-18(26)21(28)19(27)10-15/h7-10,12-13H,2-6,11H2,1H3. The van der Waals surface area contributed by atoms with Gasteiger partial charge in [0.1, 0.15) is 28.7 Å². The number of rotatable bonds is 9. The van der Waals surface area contributed by atoms with E-state index in [1.165, 1.54) is 0 Å². The second-order valence-corrected chi connectivity index (χ2v) is 8.12. The summed E-state index contributed by atoms with van der Waals surface area (Å²) in [5.74, 6) is -13.2. The van der Waals surface area contributed by atoms with E-state index in [0.717, 1.165) is 0 Å². The van der Waals surface area contributed by atoms with Crippen molar-refractivity contribution in [3.8, 4) is 11.5 Å². The number of ether oxygens (including phenoxy) is 3. The van der Waals surface area contributed by atoms with Crippen molar-refractivity contribution in [2.75, 3.05) is 13.2 Å². The smallest absolute Gasteiger partial charge is 0.432 e. The fraction of sp³-hybridized carbons (Fsp3) is 0.478. The predicted molar refractivity (Wildman–Crippen MR) is 105 cm³/mol. The van der Waals surface area contributed by atoms with Gasteiger partial charge in [0, 0.05) is 37.5 Å². The Kier molecular flexibility index (Phi) is 8.13. The molecular formula is C23H21F9O3. The minimum atomic E-state index is -4.84. The van der Waals surface area contributed by atoms with Crippen LogP contribution in [0, 0.1) is 40.9 Å². The van der Waals surface area contributed by atoms with E-state index in [-0.39, 0.29) is 43.0 Å². The van der Waals surface area contributed by atoms with E-state index in [1.54, 1.807) is 0 Å². The summed E-state index contributed by atoms with van der Waals surface area (Å²) in [5, 5.41) is 0. The summed E-state index contributed by atoms with van der Waals surface area (Å²) in [6.07, 6.45) is -7.70. The highest BCUT2D eigenvalue weighted by Gasteiger charge is 2.45. The van der Waals surface area contributed by atoms with Crippen molar-refractivity contribution in [3.63, 3.8) is 0 Å². The molecule has 0 spiro atoms. The Balaban J connectivity index is 1.74. The van der Waals surface area contributed by atoms with Crippen LogP contribution in [0.3, 0.4) is 0 Å². The van der Waals surface area contributed by atoms with Crippen molar-refractivity contribution < 1.29 is 53.7 Å². The van der Waals surface area contributed by atoms with E-state index >= 15 is 0 Å². The van der Waals surface area contributed by atoms with Crippen LogP contribution < -0.4 is 9.47 Å². The lowest BCUT2D eigenvalue weighted by Gasteiger charge is -2.33. The Labute approximate surface area is 194 Å². The molecule has 2 aromatic rings. The number of benzene rings is 2. The third-order valence-electron chi connectivity index (χ3n) is 5.64. The van der Waals surface area contributed by atoms with Gasteiger partial charge in [-0.2, -0.15) is 17.6 Å². The zero-order valence-corrected chi connectivity index (χ0v) is 18.3. The zero-order valence-electron chi connectivity index (χ0n) is 18.3. The molecule has 194 valence electrons. The van der Waals surface area contributed by atoms with Crippen LogP contribution in [0.2, 0.25) is 0 Å². The van der Waals surface area contributed by atoms with Gasteiger partial charge in [0.15, 0.2) is 17.5 Å². The number of halogens is 9. The molecule has 0 amide bonds. The van der Waals surface area contributed by atoms with E-state index in [4.69, 9.17) is 4.74 Å². The maximum Gasteiger partial charge on any atom is 0.432 e. The van der Waals surface area contributed by atoms with Crippen LogP contribution in [0.15, 0.2) is 24.3 Å². The molecule has 1 saturated carbocycles. The third-order valence-corrected chi connectivity index (χ3v) is 5.64. The van der Waals surface area contributed by atoms with Crippen molar-refractivity contribution >= 4 is 0 Å². The van der Waals surface area contributed by atoms with Crippen molar-refractivity contribution in [1.82, 2.24) is 0 Å². The van der Waals surface area contributed by atoms with Gasteiger partial charge in [-0.1, -0.05) is 0 Å². The lowest BCUT2D eigenvalue weighted by molar-refractivity contribution is -0.224. The van der Waals surface area contributed by atoms with Crippen molar-refractivity contribution in [3.05, 3.63) is 58.9 Å². The van der Waals surface area contributed by atoms with Gasteiger partial charge in [-0.25, -0.2) is 22.0 Å². The highest BCUT2D eigenvalue weighted by Crippen LogP contribution is 2.42. The first kappa shape index (κ1) is 27.0. The van der Waals surface area contributed by atoms with Crippen LogP contribution in [0.25, 0.3) is 0 Å². The highest BCUT2D eigenvalue weighted by atomic mass is 19.3. The lowest BCUT2D eigenvalue weighted by Crippen LogP contribution is -2.37. The maximum atomic E-state index is 14.6. The van der Waals surface area contributed by atoms with Crippen LogP contribution in [-0.4, -0.2) is 19.3 Å². The topological polar surface area (TPSA) is 27.7 Å². The monoisotopic (exact) mass is 516 g/mol. The van der Waals surface area contributed by atoms with Gasteiger partial charge >= 0.3 is 12.2 Å². The lowest BCUT2D eigenvalue weighted by atomic mass is 9.81. The molecular weight excluding hydrogens is 495 g/mol. The molecule has 12 heteroatoms. The summed E-state index contributed by atoms with van der Waals surface area (Å²) in [4.78, 5) is 0. The van der Waals surface area contributed by atoms with Gasteiger partial charge in [0.25, 0.3) is 0 Å². The first-order valence-electron chi connectivity index (χ1n) is 10.7. The largest absolute Gasteiger partial charge is 0.432 e. The Bertz CT molecular complexity index is 991. The summed E-state index contributed by atoms with van der Waals surface area (Å²) >= 11 is 0. The molecule has 0 aromatic heterocycles. The molecule has 1 aliphatic rings. The predicted octanol–water partition coefficient (Wildman–Crippen LogP) is 7.32. The van der Waals surface area contributed by atoms with Crippen LogP contribution in [-0.2, 0) is 10.8 Å². The van der Waals surface area contributed by atoms with Crippen LogP contribution in [0.1, 0.15) is 38.2 Å². The van der Waals surface area contributed by atoms with Crippen molar-refractivity contribution in [1.29, 1.82) is 0 Å². The quantitative estimate of drug-likeness (QED) is 0.258. The molecule has 3 rings (SSSR count). The average Bonchev–Trinajstić information content (AvgIpc) is 2.75. The first-order valence-corrected chi connectivity index (χ1v) is 10.7. The van der Waals surface area contributed by atoms with E-state index in [1.807, 2.05) is 6.92 Å². The summed E-state index contributed by atoms with van der Waals surface area (Å²) in [5.41, 5.74) is -2.02. The second kappa shape index (κ2) is 10.5. The zero-order chi connectivity index (χ0) is 26.0. The summed E-state index contributed by atoms with van der Waals surface area (Å²) in [6.45, 7) is 2.73. The Morgan fingerprint density at radius 1 is 0.743 bits per heavy atom. The minimum absolute atomic E-state index is 0.0449. The molecule has 1 fully saturated rings. The third kappa shape index (κ3) is 6.33.